The van der Waals surface area contributed by atoms with E-state index < -0.39 is 12.1 Å². The van der Waals surface area contributed by atoms with Gasteiger partial charge in [0.15, 0.2) is 5.69 Å². The van der Waals surface area contributed by atoms with Gasteiger partial charge in [-0.1, -0.05) is 5.21 Å². The number of aliphatic hydroxyl groups is 1. The number of aliphatic hydroxyl groups excluding tert-OH is 1. The molecule has 8 heteroatoms. The van der Waals surface area contributed by atoms with Crippen molar-refractivity contribution in [3.05, 3.63) is 11.4 Å². The number of hydrogen-bond acceptors (Lipinski definition) is 6. The van der Waals surface area contributed by atoms with E-state index >= 15 is 0 Å². The molecule has 1 unspecified atom stereocenters. The highest BCUT2D eigenvalue weighted by Crippen LogP contribution is 2.11. The largest absolute Gasteiger partial charge is 0.461 e. The third-order valence-corrected chi connectivity index (χ3v) is 2.58. The Morgan fingerprint density at radius 3 is 2.79 bits per heavy atom. The number of carbonyl (C=O) groups excluding carboxylic acids is 1. The molecule has 19 heavy (non-hydrogen) atoms. The van der Waals surface area contributed by atoms with Gasteiger partial charge in [0.1, 0.15) is 0 Å². The van der Waals surface area contributed by atoms with Gasteiger partial charge in [0.05, 0.1) is 37.4 Å². The van der Waals surface area contributed by atoms with Crippen LogP contribution < -0.4 is 0 Å². The highest BCUT2D eigenvalue weighted by atomic mass is 35.5. The molecule has 0 amide bonds. The number of aromatic nitrogens is 3. The zero-order valence-electron chi connectivity index (χ0n) is 11.0. The van der Waals surface area contributed by atoms with Gasteiger partial charge in [-0.05, 0) is 13.8 Å². The molecule has 1 atom stereocenters. The molecule has 0 spiro atoms. The number of ether oxygens (including phenoxy) is 2. The average molecular weight is 292 g/mol. The van der Waals surface area contributed by atoms with E-state index in [9.17, 15) is 9.90 Å². The van der Waals surface area contributed by atoms with Gasteiger partial charge in [-0.3, -0.25) is 0 Å². The lowest BCUT2D eigenvalue weighted by Gasteiger charge is -2.11. The number of alkyl halides is 1. The fourth-order valence-electron chi connectivity index (χ4n) is 1.48. The molecule has 1 N–H and O–H groups in total. The summed E-state index contributed by atoms with van der Waals surface area (Å²) in [4.78, 5) is 11.6. The van der Waals surface area contributed by atoms with E-state index in [1.807, 2.05) is 6.92 Å². The number of nitrogens with zero attached hydrogens (tertiary/aromatic N) is 3. The monoisotopic (exact) mass is 291 g/mol. The number of carbonyl (C=O) groups is 1. The smallest absolute Gasteiger partial charge is 0.360 e. The maximum absolute atomic E-state index is 11.6. The molecule has 0 aliphatic carbocycles. The fraction of sp³-hybridized carbons (Fsp3) is 0.727. The van der Waals surface area contributed by atoms with Crippen LogP contribution in [0.4, 0.5) is 0 Å². The van der Waals surface area contributed by atoms with E-state index in [4.69, 9.17) is 21.1 Å². The standard InChI is InChI=1S/C11H18ClN3O4/c1-3-18-7-8(16)6-15-9(5-12)10(13-14-15)11(17)19-4-2/h8,16H,3-7H2,1-2H3. The molecule has 0 aromatic carbocycles. The summed E-state index contributed by atoms with van der Waals surface area (Å²) in [5.74, 6) is -0.508. The first-order chi connectivity index (χ1) is 9.13. The van der Waals surface area contributed by atoms with Crippen LogP contribution in [0.3, 0.4) is 0 Å². The van der Waals surface area contributed by atoms with Gasteiger partial charge in [-0.25, -0.2) is 9.48 Å². The predicted molar refractivity (Wildman–Crippen MR) is 68.0 cm³/mol. The van der Waals surface area contributed by atoms with Crippen molar-refractivity contribution in [1.29, 1.82) is 0 Å². The Morgan fingerprint density at radius 1 is 1.47 bits per heavy atom. The molecule has 7 nitrogen and oxygen atoms in total. The molecule has 0 aliphatic rings. The van der Waals surface area contributed by atoms with Crippen LogP contribution in [0.1, 0.15) is 30.0 Å². The Labute approximate surface area is 116 Å². The van der Waals surface area contributed by atoms with Gasteiger partial charge in [-0.2, -0.15) is 0 Å². The maximum atomic E-state index is 11.6. The summed E-state index contributed by atoms with van der Waals surface area (Å²) in [5.41, 5.74) is 0.510. The minimum atomic E-state index is -0.737. The molecule has 1 aromatic rings. The lowest BCUT2D eigenvalue weighted by atomic mass is 10.3. The minimum Gasteiger partial charge on any atom is -0.461 e. The highest BCUT2D eigenvalue weighted by molar-refractivity contribution is 6.17. The molecular formula is C11H18ClN3O4. The van der Waals surface area contributed by atoms with Crippen molar-refractivity contribution in [2.45, 2.75) is 32.4 Å². The van der Waals surface area contributed by atoms with E-state index in [1.165, 1.54) is 4.68 Å². The van der Waals surface area contributed by atoms with Gasteiger partial charge in [0, 0.05) is 6.61 Å². The predicted octanol–water partition coefficient (Wildman–Crippen LogP) is 0.591. The van der Waals surface area contributed by atoms with Crippen molar-refractivity contribution in [2.24, 2.45) is 0 Å². The lowest BCUT2D eigenvalue weighted by Crippen LogP contribution is -2.24. The Kier molecular flexibility index (Phi) is 6.75. The van der Waals surface area contributed by atoms with Crippen LogP contribution in [0.2, 0.25) is 0 Å². The first-order valence-corrected chi connectivity index (χ1v) is 6.58. The summed E-state index contributed by atoms with van der Waals surface area (Å²) in [6, 6.07) is 0. The van der Waals surface area contributed by atoms with Crippen molar-refractivity contribution < 1.29 is 19.4 Å². The molecule has 1 rings (SSSR count). The average Bonchev–Trinajstić information content (AvgIpc) is 2.79. The topological polar surface area (TPSA) is 86.5 Å². The third-order valence-electron chi connectivity index (χ3n) is 2.33. The van der Waals surface area contributed by atoms with Crippen molar-refractivity contribution in [1.82, 2.24) is 15.0 Å². The van der Waals surface area contributed by atoms with Gasteiger partial charge < -0.3 is 14.6 Å². The second-order valence-electron chi connectivity index (χ2n) is 3.73. The van der Waals surface area contributed by atoms with Gasteiger partial charge in [0.2, 0.25) is 0 Å². The Morgan fingerprint density at radius 2 is 2.21 bits per heavy atom. The number of esters is 1. The van der Waals surface area contributed by atoms with Crippen molar-refractivity contribution in [2.75, 3.05) is 19.8 Å². The van der Waals surface area contributed by atoms with E-state index in [0.717, 1.165) is 0 Å². The molecular weight excluding hydrogens is 274 g/mol. The molecule has 0 saturated carbocycles. The second-order valence-corrected chi connectivity index (χ2v) is 4.00. The van der Waals surface area contributed by atoms with Gasteiger partial charge in [0.25, 0.3) is 0 Å². The second kappa shape index (κ2) is 8.08. The third kappa shape index (κ3) is 4.45. The lowest BCUT2D eigenvalue weighted by molar-refractivity contribution is 0.0309. The summed E-state index contributed by atoms with van der Waals surface area (Å²) in [7, 11) is 0. The first kappa shape index (κ1) is 15.9. The zero-order valence-corrected chi connectivity index (χ0v) is 11.8. The van der Waals surface area contributed by atoms with Gasteiger partial charge >= 0.3 is 5.97 Å². The highest BCUT2D eigenvalue weighted by Gasteiger charge is 2.21. The van der Waals surface area contributed by atoms with Crippen LogP contribution >= 0.6 is 11.6 Å². The number of hydrogen-bond donors (Lipinski definition) is 1. The minimum absolute atomic E-state index is 0.0580. The molecule has 0 aliphatic heterocycles. The molecule has 0 radical (unpaired) electrons. The first-order valence-electron chi connectivity index (χ1n) is 6.05. The normalized spacial score (nSPS) is 12.4. The van der Waals surface area contributed by atoms with Crippen LogP contribution in [0.5, 0.6) is 0 Å². The molecule has 1 heterocycles. The summed E-state index contributed by atoms with van der Waals surface area (Å²) in [6.45, 7) is 4.66. The molecule has 0 bridgehead atoms. The Hall–Kier alpha value is -1.18. The number of halogens is 1. The van der Waals surface area contributed by atoms with Crippen molar-refractivity contribution in [3.8, 4) is 0 Å². The SMILES string of the molecule is CCOCC(O)Cn1nnc(C(=O)OCC)c1CCl. The maximum Gasteiger partial charge on any atom is 0.360 e. The Balaban J connectivity index is 2.76. The fourth-order valence-corrected chi connectivity index (χ4v) is 1.74. The van der Waals surface area contributed by atoms with E-state index in [1.54, 1.807) is 6.92 Å². The number of rotatable bonds is 8. The zero-order chi connectivity index (χ0) is 14.3. The van der Waals surface area contributed by atoms with Crippen molar-refractivity contribution in [3.63, 3.8) is 0 Å². The summed E-state index contributed by atoms with van der Waals surface area (Å²) in [6.07, 6.45) is -0.737. The van der Waals surface area contributed by atoms with Crippen LogP contribution in [-0.2, 0) is 21.9 Å². The molecule has 1 aromatic heterocycles. The van der Waals surface area contributed by atoms with E-state index in [2.05, 4.69) is 10.3 Å². The molecule has 0 saturated heterocycles. The van der Waals surface area contributed by atoms with Crippen LogP contribution in [0.15, 0.2) is 0 Å². The summed E-state index contributed by atoms with van der Waals surface area (Å²) >= 11 is 5.79. The quantitative estimate of drug-likeness (QED) is 0.557. The van der Waals surface area contributed by atoms with Crippen LogP contribution in [0, 0.1) is 0 Å². The van der Waals surface area contributed by atoms with Crippen LogP contribution in [-0.4, -0.2) is 52.0 Å². The Bertz CT molecular complexity index is 411. The van der Waals surface area contributed by atoms with Crippen molar-refractivity contribution >= 4 is 17.6 Å². The molecule has 108 valence electrons. The van der Waals surface area contributed by atoms with Crippen LogP contribution in [0.25, 0.3) is 0 Å². The van der Waals surface area contributed by atoms with E-state index in [-0.39, 0.29) is 31.3 Å². The summed E-state index contributed by atoms with van der Waals surface area (Å²) < 4.78 is 11.3. The van der Waals surface area contributed by atoms with E-state index in [0.29, 0.717) is 12.3 Å². The summed E-state index contributed by atoms with van der Waals surface area (Å²) in [5, 5.41) is 17.3. The van der Waals surface area contributed by atoms with Gasteiger partial charge in [-0.15, -0.1) is 16.7 Å². The molecule has 0 fully saturated rings.